The Hall–Kier alpha value is -3.13. The molecule has 0 radical (unpaired) electrons. The average Bonchev–Trinajstić information content (AvgIpc) is 3.02. The number of nitro benzene ring substituents is 1. The standard InChI is InChI=1S/C19H21N5O3/c1-3-22(4-2)9-10-23-15-7-8-16(24(26)27)19-17(15)18(21-23)13-6-5-12(25)11-14(13)20-19/h5-8,11,20-21H,3-4,9-10H2,1-2H3. The quantitative estimate of drug-likeness (QED) is 0.310. The summed E-state index contributed by atoms with van der Waals surface area (Å²) in [7, 11) is 0. The molecule has 2 heterocycles. The molecule has 8 nitrogen and oxygen atoms in total. The summed E-state index contributed by atoms with van der Waals surface area (Å²) in [6.07, 6.45) is 0. The first-order valence-corrected chi connectivity index (χ1v) is 9.07. The summed E-state index contributed by atoms with van der Waals surface area (Å²) in [5, 5.41) is 16.5. The van der Waals surface area contributed by atoms with Crippen LogP contribution in [0.25, 0.3) is 32.8 Å². The molecule has 0 amide bonds. The third kappa shape index (κ3) is 2.78. The Kier molecular flexibility index (Phi) is 4.19. The summed E-state index contributed by atoms with van der Waals surface area (Å²) in [5.74, 6) is 0. The fraction of sp³-hybridized carbons (Fsp3) is 0.316. The van der Waals surface area contributed by atoms with Crippen LogP contribution in [-0.4, -0.2) is 44.2 Å². The number of nitrogens with one attached hydrogen (secondary N) is 2. The van der Waals surface area contributed by atoms with Gasteiger partial charge in [0, 0.05) is 24.1 Å². The van der Waals surface area contributed by atoms with Crippen molar-refractivity contribution in [3.05, 3.63) is 50.7 Å². The van der Waals surface area contributed by atoms with Crippen molar-refractivity contribution in [3.8, 4) is 0 Å². The van der Waals surface area contributed by atoms with Gasteiger partial charge in [0.2, 0.25) is 0 Å². The number of fused-ring (bicyclic) bond motifs is 2. The highest BCUT2D eigenvalue weighted by molar-refractivity contribution is 6.18. The summed E-state index contributed by atoms with van der Waals surface area (Å²) >= 11 is 0. The molecule has 0 aliphatic rings. The van der Waals surface area contributed by atoms with Crippen molar-refractivity contribution < 1.29 is 4.92 Å². The maximum absolute atomic E-state index is 11.8. The summed E-state index contributed by atoms with van der Waals surface area (Å²) < 4.78 is 2.03. The van der Waals surface area contributed by atoms with Crippen LogP contribution in [0.5, 0.6) is 0 Å². The molecule has 0 aliphatic heterocycles. The van der Waals surface area contributed by atoms with Gasteiger partial charge in [0.25, 0.3) is 5.69 Å². The minimum absolute atomic E-state index is 0.000551. The van der Waals surface area contributed by atoms with Gasteiger partial charge < -0.3 is 9.88 Å². The lowest BCUT2D eigenvalue weighted by Crippen LogP contribution is -2.27. The number of likely N-dealkylation sites (N-methyl/N-ethyl adjacent to an activating group) is 1. The Morgan fingerprint density at radius 1 is 1.15 bits per heavy atom. The molecule has 0 saturated heterocycles. The van der Waals surface area contributed by atoms with E-state index in [1.54, 1.807) is 12.1 Å². The fourth-order valence-electron chi connectivity index (χ4n) is 3.72. The topological polar surface area (TPSA) is 100.0 Å². The zero-order chi connectivity index (χ0) is 19.1. The molecule has 0 spiro atoms. The third-order valence-corrected chi connectivity index (χ3v) is 5.20. The van der Waals surface area contributed by atoms with Crippen molar-refractivity contribution >= 4 is 38.5 Å². The number of aromatic amines is 2. The highest BCUT2D eigenvalue weighted by atomic mass is 16.6. The molecule has 140 valence electrons. The molecule has 2 aromatic carbocycles. The van der Waals surface area contributed by atoms with E-state index in [0.29, 0.717) is 11.0 Å². The van der Waals surface area contributed by atoms with Crippen molar-refractivity contribution in [1.82, 2.24) is 19.7 Å². The lowest BCUT2D eigenvalue weighted by molar-refractivity contribution is -0.383. The summed E-state index contributed by atoms with van der Waals surface area (Å²) in [5.41, 5.74) is 2.59. The number of H-pyrrole nitrogens is 2. The van der Waals surface area contributed by atoms with E-state index in [9.17, 15) is 14.9 Å². The van der Waals surface area contributed by atoms with Gasteiger partial charge in [-0.15, -0.1) is 0 Å². The van der Waals surface area contributed by atoms with Crippen molar-refractivity contribution in [1.29, 1.82) is 0 Å². The van der Waals surface area contributed by atoms with Crippen LogP contribution in [0, 0.1) is 10.1 Å². The van der Waals surface area contributed by atoms with Gasteiger partial charge in [-0.25, -0.2) is 0 Å². The zero-order valence-corrected chi connectivity index (χ0v) is 15.3. The van der Waals surface area contributed by atoms with E-state index in [1.807, 2.05) is 4.68 Å². The molecule has 0 fully saturated rings. The second-order valence-corrected chi connectivity index (χ2v) is 6.61. The van der Waals surface area contributed by atoms with Crippen LogP contribution in [-0.2, 0) is 6.54 Å². The van der Waals surface area contributed by atoms with Crippen LogP contribution in [0.15, 0.2) is 35.1 Å². The predicted octanol–water partition coefficient (Wildman–Crippen LogP) is 3.21. The molecule has 0 aliphatic carbocycles. The number of nitrogens with zero attached hydrogens (tertiary/aromatic N) is 3. The molecule has 2 aromatic heterocycles. The van der Waals surface area contributed by atoms with E-state index in [4.69, 9.17) is 0 Å². The number of hydrogen-bond acceptors (Lipinski definition) is 4. The van der Waals surface area contributed by atoms with E-state index in [2.05, 4.69) is 28.8 Å². The fourth-order valence-corrected chi connectivity index (χ4v) is 3.72. The van der Waals surface area contributed by atoms with Crippen LogP contribution in [0.3, 0.4) is 0 Å². The Balaban J connectivity index is 2.00. The molecule has 2 N–H and O–H groups in total. The summed E-state index contributed by atoms with van der Waals surface area (Å²) in [4.78, 5) is 28.3. The number of benzene rings is 2. The summed E-state index contributed by atoms with van der Waals surface area (Å²) in [6.45, 7) is 7.81. The first-order valence-electron chi connectivity index (χ1n) is 9.07. The number of nitro groups is 1. The number of rotatable bonds is 6. The lowest BCUT2D eigenvalue weighted by atomic mass is 10.1. The number of hydrogen-bond donors (Lipinski definition) is 2. The molecule has 8 heteroatoms. The molecule has 0 saturated carbocycles. The van der Waals surface area contributed by atoms with Crippen LogP contribution in [0.1, 0.15) is 13.8 Å². The van der Waals surface area contributed by atoms with Crippen LogP contribution in [0.4, 0.5) is 5.69 Å². The van der Waals surface area contributed by atoms with Crippen molar-refractivity contribution in [3.63, 3.8) is 0 Å². The smallest absolute Gasteiger partial charge is 0.293 e. The normalized spacial score (nSPS) is 12.0. The molecule has 4 aromatic rings. The van der Waals surface area contributed by atoms with Gasteiger partial charge in [-0.3, -0.25) is 24.7 Å². The van der Waals surface area contributed by atoms with Crippen molar-refractivity contribution in [2.75, 3.05) is 19.6 Å². The Bertz CT molecular complexity index is 1210. The number of aromatic nitrogens is 3. The molecule has 0 atom stereocenters. The molecular weight excluding hydrogens is 346 g/mol. The zero-order valence-electron chi connectivity index (χ0n) is 15.3. The lowest BCUT2D eigenvalue weighted by Gasteiger charge is -2.18. The van der Waals surface area contributed by atoms with E-state index < -0.39 is 4.92 Å². The van der Waals surface area contributed by atoms with E-state index in [1.165, 1.54) is 18.2 Å². The number of non-ortho nitro benzene ring substituents is 1. The maximum atomic E-state index is 11.8. The minimum atomic E-state index is -0.398. The highest BCUT2D eigenvalue weighted by Gasteiger charge is 2.20. The van der Waals surface area contributed by atoms with Crippen molar-refractivity contribution in [2.24, 2.45) is 0 Å². The van der Waals surface area contributed by atoms with E-state index in [-0.39, 0.29) is 11.1 Å². The first kappa shape index (κ1) is 17.3. The van der Waals surface area contributed by atoms with Crippen LogP contribution < -0.4 is 5.43 Å². The average molecular weight is 367 g/mol. The monoisotopic (exact) mass is 367 g/mol. The van der Waals surface area contributed by atoms with Gasteiger partial charge in [0.05, 0.1) is 33.4 Å². The van der Waals surface area contributed by atoms with Crippen LogP contribution in [0.2, 0.25) is 0 Å². The molecular formula is C19H21N5O3. The highest BCUT2D eigenvalue weighted by Crippen LogP contribution is 2.35. The molecule has 27 heavy (non-hydrogen) atoms. The Morgan fingerprint density at radius 2 is 1.93 bits per heavy atom. The largest absolute Gasteiger partial charge is 0.349 e. The van der Waals surface area contributed by atoms with Gasteiger partial charge in [-0.05, 0) is 31.3 Å². The van der Waals surface area contributed by atoms with E-state index in [0.717, 1.165) is 48.0 Å². The molecule has 0 bridgehead atoms. The summed E-state index contributed by atoms with van der Waals surface area (Å²) in [6, 6.07) is 8.04. The van der Waals surface area contributed by atoms with Crippen molar-refractivity contribution in [2.45, 2.75) is 20.4 Å². The second-order valence-electron chi connectivity index (χ2n) is 6.61. The predicted molar refractivity (Wildman–Crippen MR) is 106 cm³/mol. The minimum Gasteiger partial charge on any atom is -0.349 e. The van der Waals surface area contributed by atoms with Gasteiger partial charge in [0.15, 0.2) is 5.43 Å². The Morgan fingerprint density at radius 3 is 2.63 bits per heavy atom. The van der Waals surface area contributed by atoms with Gasteiger partial charge in [-0.1, -0.05) is 13.8 Å². The maximum Gasteiger partial charge on any atom is 0.293 e. The van der Waals surface area contributed by atoms with Crippen LogP contribution >= 0.6 is 0 Å². The molecule has 0 unspecified atom stereocenters. The van der Waals surface area contributed by atoms with Gasteiger partial charge in [-0.2, -0.15) is 0 Å². The Labute approximate surface area is 154 Å². The van der Waals surface area contributed by atoms with E-state index >= 15 is 0 Å². The SMILES string of the molecule is CCN(CC)CCn1[nH]c2c3ccc(=O)cc3[nH]c3c([N+](=O)[O-])ccc1c32. The van der Waals surface area contributed by atoms with Gasteiger partial charge in [0.1, 0.15) is 5.52 Å². The first-order chi connectivity index (χ1) is 13.0. The third-order valence-electron chi connectivity index (χ3n) is 5.20. The number of pyridine rings is 1. The second kappa shape index (κ2) is 6.55. The van der Waals surface area contributed by atoms with Gasteiger partial charge >= 0.3 is 0 Å². The molecule has 4 rings (SSSR count).